The number of fused-ring (bicyclic) bond motifs is 1. The molecule has 0 fully saturated rings. The summed E-state index contributed by atoms with van der Waals surface area (Å²) in [6.07, 6.45) is 7.21. The molecule has 124 valence electrons. The van der Waals surface area contributed by atoms with E-state index >= 15 is 0 Å². The van der Waals surface area contributed by atoms with Gasteiger partial charge < -0.3 is 13.9 Å². The predicted octanol–water partition coefficient (Wildman–Crippen LogP) is 3.65. The van der Waals surface area contributed by atoms with Gasteiger partial charge >= 0.3 is 0 Å². The second-order valence-electron chi connectivity index (χ2n) is 5.37. The monoisotopic (exact) mass is 344 g/mol. The van der Waals surface area contributed by atoms with Gasteiger partial charge in [0.2, 0.25) is 12.7 Å². The van der Waals surface area contributed by atoms with Gasteiger partial charge in [-0.05, 0) is 13.0 Å². The van der Waals surface area contributed by atoms with Crippen LogP contribution in [0.1, 0.15) is 11.5 Å². The zero-order valence-corrected chi connectivity index (χ0v) is 14.1. The van der Waals surface area contributed by atoms with Crippen molar-refractivity contribution in [1.82, 2.24) is 9.88 Å². The van der Waals surface area contributed by atoms with E-state index in [0.717, 1.165) is 11.5 Å². The number of benzene rings is 1. The highest BCUT2D eigenvalue weighted by molar-refractivity contribution is 6.33. The largest absolute Gasteiger partial charge is 0.454 e. The van der Waals surface area contributed by atoms with Crippen LogP contribution in [0.5, 0.6) is 11.5 Å². The van der Waals surface area contributed by atoms with E-state index in [1.165, 1.54) is 0 Å². The molecule has 1 aromatic heterocycles. The number of terminal acetylenes is 1. The first-order valence-corrected chi connectivity index (χ1v) is 7.82. The zero-order valence-electron chi connectivity index (χ0n) is 13.3. The summed E-state index contributed by atoms with van der Waals surface area (Å²) in [6, 6.07) is 3.49. The SMILES string of the molecule is C#CCN(CC=C)Cc1nc(-c2cc3c(cc2Cl)OCO3)oc1C. The molecule has 2 aromatic rings. The van der Waals surface area contributed by atoms with Gasteiger partial charge in [0.1, 0.15) is 5.76 Å². The van der Waals surface area contributed by atoms with Gasteiger partial charge in [-0.25, -0.2) is 4.98 Å². The van der Waals surface area contributed by atoms with E-state index in [2.05, 4.69) is 17.5 Å². The third kappa shape index (κ3) is 3.25. The van der Waals surface area contributed by atoms with Crippen molar-refractivity contribution < 1.29 is 13.9 Å². The lowest BCUT2D eigenvalue weighted by molar-refractivity contribution is 0.174. The molecule has 24 heavy (non-hydrogen) atoms. The maximum absolute atomic E-state index is 6.32. The van der Waals surface area contributed by atoms with Gasteiger partial charge in [0.05, 0.1) is 22.8 Å². The maximum atomic E-state index is 6.32. The molecule has 5 nitrogen and oxygen atoms in total. The predicted molar refractivity (Wildman–Crippen MR) is 92.1 cm³/mol. The average molecular weight is 345 g/mol. The van der Waals surface area contributed by atoms with Crippen LogP contribution in [0.4, 0.5) is 0 Å². The summed E-state index contributed by atoms with van der Waals surface area (Å²) >= 11 is 6.32. The quantitative estimate of drug-likeness (QED) is 0.591. The van der Waals surface area contributed by atoms with Crippen LogP contribution < -0.4 is 9.47 Å². The smallest absolute Gasteiger partial charge is 0.231 e. The van der Waals surface area contributed by atoms with Crippen molar-refractivity contribution in [2.45, 2.75) is 13.5 Å². The van der Waals surface area contributed by atoms with Crippen LogP contribution in [0.25, 0.3) is 11.5 Å². The Kier molecular flexibility index (Phi) is 4.79. The normalized spacial score (nSPS) is 12.4. The van der Waals surface area contributed by atoms with Gasteiger partial charge in [0.15, 0.2) is 11.5 Å². The highest BCUT2D eigenvalue weighted by Gasteiger charge is 2.21. The van der Waals surface area contributed by atoms with Crippen molar-refractivity contribution in [2.75, 3.05) is 19.9 Å². The summed E-state index contributed by atoms with van der Waals surface area (Å²) in [6.45, 7) is 7.57. The summed E-state index contributed by atoms with van der Waals surface area (Å²) < 4.78 is 16.5. The van der Waals surface area contributed by atoms with E-state index in [-0.39, 0.29) is 6.79 Å². The molecule has 0 amide bonds. The number of hydrogen-bond donors (Lipinski definition) is 0. The Balaban J connectivity index is 1.89. The van der Waals surface area contributed by atoms with Gasteiger partial charge in [-0.1, -0.05) is 23.6 Å². The molecule has 1 aliphatic rings. The Hall–Kier alpha value is -2.42. The molecule has 6 heteroatoms. The summed E-state index contributed by atoms with van der Waals surface area (Å²) in [7, 11) is 0. The van der Waals surface area contributed by atoms with Crippen molar-refractivity contribution in [1.29, 1.82) is 0 Å². The maximum Gasteiger partial charge on any atom is 0.231 e. The van der Waals surface area contributed by atoms with Crippen LogP contribution >= 0.6 is 11.6 Å². The van der Waals surface area contributed by atoms with Gasteiger partial charge in [0.25, 0.3) is 0 Å². The minimum Gasteiger partial charge on any atom is -0.454 e. The molecule has 0 saturated heterocycles. The number of ether oxygens (including phenoxy) is 2. The zero-order chi connectivity index (χ0) is 17.1. The fourth-order valence-electron chi connectivity index (χ4n) is 2.48. The molecule has 0 N–H and O–H groups in total. The number of aromatic nitrogens is 1. The highest BCUT2D eigenvalue weighted by Crippen LogP contribution is 2.41. The minimum absolute atomic E-state index is 0.188. The first kappa shape index (κ1) is 16.4. The first-order valence-electron chi connectivity index (χ1n) is 7.45. The average Bonchev–Trinajstić information content (AvgIpc) is 3.13. The molecule has 0 radical (unpaired) electrons. The van der Waals surface area contributed by atoms with E-state index in [0.29, 0.717) is 47.6 Å². The van der Waals surface area contributed by atoms with Crippen LogP contribution in [0.2, 0.25) is 5.02 Å². The lowest BCUT2D eigenvalue weighted by Crippen LogP contribution is -2.24. The molecule has 0 bridgehead atoms. The molecular weight excluding hydrogens is 328 g/mol. The van der Waals surface area contributed by atoms with Crippen molar-refractivity contribution in [3.8, 4) is 35.3 Å². The number of nitrogens with zero attached hydrogens (tertiary/aromatic N) is 2. The summed E-state index contributed by atoms with van der Waals surface area (Å²) in [5.74, 6) is 5.07. The molecule has 3 rings (SSSR count). The Labute approximate surface area is 145 Å². The number of oxazole rings is 1. The molecule has 1 aliphatic heterocycles. The molecule has 2 heterocycles. The third-order valence-electron chi connectivity index (χ3n) is 3.66. The van der Waals surface area contributed by atoms with Crippen LogP contribution in [0.3, 0.4) is 0 Å². The number of aryl methyl sites for hydroxylation is 1. The lowest BCUT2D eigenvalue weighted by atomic mass is 10.2. The minimum atomic E-state index is 0.188. The number of hydrogen-bond acceptors (Lipinski definition) is 5. The number of halogens is 1. The Morgan fingerprint density at radius 3 is 2.88 bits per heavy atom. The van der Waals surface area contributed by atoms with E-state index in [1.54, 1.807) is 12.1 Å². The van der Waals surface area contributed by atoms with Crippen molar-refractivity contribution in [3.05, 3.63) is 41.3 Å². The van der Waals surface area contributed by atoms with Crippen LogP contribution in [0.15, 0.2) is 29.2 Å². The van der Waals surface area contributed by atoms with Crippen LogP contribution in [0, 0.1) is 19.3 Å². The molecule has 1 aromatic carbocycles. The van der Waals surface area contributed by atoms with Gasteiger partial charge in [-0.3, -0.25) is 4.90 Å². The highest BCUT2D eigenvalue weighted by atomic mass is 35.5. The molecule has 0 saturated carbocycles. The molecule has 0 aliphatic carbocycles. The molecule has 0 spiro atoms. The van der Waals surface area contributed by atoms with Crippen molar-refractivity contribution in [2.24, 2.45) is 0 Å². The van der Waals surface area contributed by atoms with E-state index in [4.69, 9.17) is 31.9 Å². The molecule has 0 atom stereocenters. The standard InChI is InChI=1S/C18H17ClN2O3/c1-4-6-21(7-5-2)10-15-12(3)24-18(20-15)13-8-16-17(9-14(13)19)23-11-22-16/h1,5,8-9H,2,6-7,10-11H2,3H3. The van der Waals surface area contributed by atoms with E-state index < -0.39 is 0 Å². The Bertz CT molecular complexity index is 807. The topological polar surface area (TPSA) is 47.7 Å². The second kappa shape index (κ2) is 7.00. The molecular formula is C18H17ClN2O3. The fraction of sp³-hybridized carbons (Fsp3) is 0.278. The summed E-state index contributed by atoms with van der Waals surface area (Å²) in [4.78, 5) is 6.62. The second-order valence-corrected chi connectivity index (χ2v) is 5.78. The van der Waals surface area contributed by atoms with Gasteiger partial charge in [-0.2, -0.15) is 0 Å². The molecule has 0 unspecified atom stereocenters. The summed E-state index contributed by atoms with van der Waals surface area (Å²) in [5, 5.41) is 0.499. The van der Waals surface area contributed by atoms with E-state index in [1.807, 2.05) is 17.9 Å². The van der Waals surface area contributed by atoms with Crippen LogP contribution in [-0.4, -0.2) is 29.8 Å². The Morgan fingerprint density at radius 1 is 1.42 bits per heavy atom. The van der Waals surface area contributed by atoms with Crippen LogP contribution in [-0.2, 0) is 6.54 Å². The van der Waals surface area contributed by atoms with Gasteiger partial charge in [0, 0.05) is 19.2 Å². The third-order valence-corrected chi connectivity index (χ3v) is 3.97. The fourth-order valence-corrected chi connectivity index (χ4v) is 2.71. The van der Waals surface area contributed by atoms with Crippen molar-refractivity contribution in [3.63, 3.8) is 0 Å². The first-order chi connectivity index (χ1) is 11.6. The van der Waals surface area contributed by atoms with E-state index in [9.17, 15) is 0 Å². The van der Waals surface area contributed by atoms with Crippen molar-refractivity contribution >= 4 is 11.6 Å². The Morgan fingerprint density at radius 2 is 2.17 bits per heavy atom. The van der Waals surface area contributed by atoms with Gasteiger partial charge in [-0.15, -0.1) is 13.0 Å². The summed E-state index contributed by atoms with van der Waals surface area (Å²) in [5.41, 5.74) is 1.48. The number of rotatable bonds is 6. The lowest BCUT2D eigenvalue weighted by Gasteiger charge is -2.15.